The number of halogens is 2. The second-order valence-corrected chi connectivity index (χ2v) is 5.16. The molecule has 0 saturated heterocycles. The Balaban J connectivity index is 2.29. The maximum atomic E-state index is 13.7. The van der Waals surface area contributed by atoms with Gasteiger partial charge in [0, 0.05) is 16.6 Å². The summed E-state index contributed by atoms with van der Waals surface area (Å²) < 4.78 is 17.7. The molecule has 1 N–H and O–H groups in total. The zero-order valence-corrected chi connectivity index (χ0v) is 11.6. The lowest BCUT2D eigenvalue weighted by atomic mass is 10.0. The Morgan fingerprint density at radius 1 is 1.50 bits per heavy atom. The number of hydrogen-bond acceptors (Lipinski definition) is 4. The van der Waals surface area contributed by atoms with E-state index in [0.717, 1.165) is 10.6 Å². The van der Waals surface area contributed by atoms with Gasteiger partial charge >= 0.3 is 0 Å². The summed E-state index contributed by atoms with van der Waals surface area (Å²) in [6, 6.07) is 4.70. The van der Waals surface area contributed by atoms with Crippen LogP contribution in [0.1, 0.15) is 22.2 Å². The summed E-state index contributed by atoms with van der Waals surface area (Å²) in [7, 11) is 1.83. The molecule has 1 atom stereocenters. The zero-order valence-electron chi connectivity index (χ0n) is 10.1. The van der Waals surface area contributed by atoms with Crippen molar-refractivity contribution in [1.82, 2.24) is 14.9 Å². The molecule has 1 aromatic heterocycles. The van der Waals surface area contributed by atoms with Crippen molar-refractivity contribution >= 4 is 23.1 Å². The standard InChI is InChI=1S/C12H13ClFN3S/c1-7-12(18-17-16-7)11(15-2)6-8-9(13)4-3-5-10(8)14/h3-5,11,15H,6H2,1-2H3. The second-order valence-electron chi connectivity index (χ2n) is 3.97. The minimum Gasteiger partial charge on any atom is -0.312 e. The predicted molar refractivity (Wildman–Crippen MR) is 71.6 cm³/mol. The van der Waals surface area contributed by atoms with Crippen LogP contribution in [0.2, 0.25) is 5.02 Å². The molecular weight excluding hydrogens is 273 g/mol. The van der Waals surface area contributed by atoms with Crippen molar-refractivity contribution in [2.24, 2.45) is 0 Å². The first kappa shape index (κ1) is 13.4. The van der Waals surface area contributed by atoms with Crippen LogP contribution in [0, 0.1) is 12.7 Å². The molecular formula is C12H13ClFN3S. The Hall–Kier alpha value is -1.04. The molecule has 6 heteroatoms. The maximum Gasteiger partial charge on any atom is 0.127 e. The Bertz CT molecular complexity index is 524. The molecule has 1 unspecified atom stereocenters. The van der Waals surface area contributed by atoms with E-state index < -0.39 is 0 Å². The first-order chi connectivity index (χ1) is 8.63. The van der Waals surface area contributed by atoms with Crippen molar-refractivity contribution in [2.75, 3.05) is 7.05 Å². The third-order valence-corrected chi connectivity index (χ3v) is 4.12. The number of aromatic nitrogens is 2. The second kappa shape index (κ2) is 5.73. The Labute approximate surface area is 114 Å². The van der Waals surface area contributed by atoms with Crippen LogP contribution in [0.5, 0.6) is 0 Å². The van der Waals surface area contributed by atoms with Gasteiger partial charge in [-0.25, -0.2) is 4.39 Å². The molecule has 0 radical (unpaired) electrons. The van der Waals surface area contributed by atoms with E-state index in [2.05, 4.69) is 14.9 Å². The molecule has 0 aliphatic heterocycles. The zero-order chi connectivity index (χ0) is 13.1. The lowest BCUT2D eigenvalue weighted by Gasteiger charge is -2.16. The van der Waals surface area contributed by atoms with Crippen LogP contribution in [-0.4, -0.2) is 16.6 Å². The molecule has 2 rings (SSSR count). The lowest BCUT2D eigenvalue weighted by molar-refractivity contribution is 0.558. The summed E-state index contributed by atoms with van der Waals surface area (Å²) in [5.41, 5.74) is 1.39. The number of rotatable bonds is 4. The Morgan fingerprint density at radius 2 is 2.28 bits per heavy atom. The highest BCUT2D eigenvalue weighted by Gasteiger charge is 2.19. The molecule has 2 aromatic rings. The monoisotopic (exact) mass is 285 g/mol. The van der Waals surface area contributed by atoms with E-state index in [4.69, 9.17) is 11.6 Å². The van der Waals surface area contributed by atoms with Crippen LogP contribution in [0.4, 0.5) is 4.39 Å². The minimum atomic E-state index is -0.280. The van der Waals surface area contributed by atoms with Crippen molar-refractivity contribution in [1.29, 1.82) is 0 Å². The molecule has 0 spiro atoms. The van der Waals surface area contributed by atoms with Gasteiger partial charge in [-0.3, -0.25) is 0 Å². The van der Waals surface area contributed by atoms with Crippen molar-refractivity contribution in [3.05, 3.63) is 45.2 Å². The average Bonchev–Trinajstić information content (AvgIpc) is 2.76. The van der Waals surface area contributed by atoms with Crippen molar-refractivity contribution in [3.63, 3.8) is 0 Å². The smallest absolute Gasteiger partial charge is 0.127 e. The van der Waals surface area contributed by atoms with Crippen LogP contribution >= 0.6 is 23.1 Å². The van der Waals surface area contributed by atoms with Crippen LogP contribution in [0.3, 0.4) is 0 Å². The van der Waals surface area contributed by atoms with Crippen LogP contribution in [-0.2, 0) is 6.42 Å². The van der Waals surface area contributed by atoms with Gasteiger partial charge in [-0.2, -0.15) is 0 Å². The summed E-state index contributed by atoms with van der Waals surface area (Å²) in [5, 5.41) is 7.58. The molecule has 18 heavy (non-hydrogen) atoms. The largest absolute Gasteiger partial charge is 0.312 e. The minimum absolute atomic E-state index is 0.0283. The van der Waals surface area contributed by atoms with Gasteiger partial charge in [0.05, 0.1) is 10.6 Å². The van der Waals surface area contributed by atoms with Crippen molar-refractivity contribution in [3.8, 4) is 0 Å². The Morgan fingerprint density at radius 3 is 2.83 bits per heavy atom. The topological polar surface area (TPSA) is 37.8 Å². The highest BCUT2D eigenvalue weighted by molar-refractivity contribution is 7.05. The normalized spacial score (nSPS) is 12.7. The quantitative estimate of drug-likeness (QED) is 0.938. The predicted octanol–water partition coefficient (Wildman–Crippen LogP) is 3.14. The Kier molecular flexibility index (Phi) is 4.27. The summed E-state index contributed by atoms with van der Waals surface area (Å²) in [6.07, 6.45) is 0.479. The highest BCUT2D eigenvalue weighted by atomic mass is 35.5. The van der Waals surface area contributed by atoms with Crippen LogP contribution < -0.4 is 5.32 Å². The lowest BCUT2D eigenvalue weighted by Crippen LogP contribution is -2.19. The first-order valence-electron chi connectivity index (χ1n) is 5.52. The van der Waals surface area contributed by atoms with E-state index in [1.54, 1.807) is 12.1 Å². The van der Waals surface area contributed by atoms with Gasteiger partial charge < -0.3 is 5.32 Å². The molecule has 0 aliphatic rings. The van der Waals surface area contributed by atoms with Gasteiger partial charge in [0.1, 0.15) is 5.82 Å². The molecule has 0 aliphatic carbocycles. The average molecular weight is 286 g/mol. The van der Waals surface area contributed by atoms with Crippen molar-refractivity contribution < 1.29 is 4.39 Å². The molecule has 3 nitrogen and oxygen atoms in total. The number of nitrogens with zero attached hydrogens (tertiary/aromatic N) is 2. The number of nitrogens with one attached hydrogen (secondary N) is 1. The van der Waals surface area contributed by atoms with E-state index in [1.165, 1.54) is 17.6 Å². The SMILES string of the molecule is CNC(Cc1c(F)cccc1Cl)c1snnc1C. The number of likely N-dealkylation sites (N-methyl/N-ethyl adjacent to an activating group) is 1. The summed E-state index contributed by atoms with van der Waals surface area (Å²) >= 11 is 7.36. The van der Waals surface area contributed by atoms with Crippen molar-refractivity contribution in [2.45, 2.75) is 19.4 Å². The number of benzene rings is 1. The van der Waals surface area contributed by atoms with Gasteiger partial charge in [0.2, 0.25) is 0 Å². The fraction of sp³-hybridized carbons (Fsp3) is 0.333. The van der Waals surface area contributed by atoms with Gasteiger partial charge in [-0.15, -0.1) is 5.10 Å². The number of aryl methyl sites for hydroxylation is 1. The van der Waals surface area contributed by atoms with Gasteiger partial charge in [0.15, 0.2) is 0 Å². The molecule has 1 aromatic carbocycles. The molecule has 96 valence electrons. The van der Waals surface area contributed by atoms with Gasteiger partial charge in [0.25, 0.3) is 0 Å². The summed E-state index contributed by atoms with van der Waals surface area (Å²) in [5.74, 6) is -0.280. The van der Waals surface area contributed by atoms with E-state index in [0.29, 0.717) is 17.0 Å². The van der Waals surface area contributed by atoms with Crippen LogP contribution in [0.15, 0.2) is 18.2 Å². The third kappa shape index (κ3) is 2.68. The fourth-order valence-electron chi connectivity index (χ4n) is 1.81. The molecule has 0 amide bonds. The third-order valence-electron chi connectivity index (χ3n) is 2.82. The summed E-state index contributed by atoms with van der Waals surface area (Å²) in [4.78, 5) is 1.01. The number of hydrogen-bond donors (Lipinski definition) is 1. The highest BCUT2D eigenvalue weighted by Crippen LogP contribution is 2.28. The van der Waals surface area contributed by atoms with Gasteiger partial charge in [-0.05, 0) is 44.1 Å². The van der Waals surface area contributed by atoms with E-state index in [-0.39, 0.29) is 11.9 Å². The van der Waals surface area contributed by atoms with E-state index >= 15 is 0 Å². The molecule has 0 fully saturated rings. The van der Waals surface area contributed by atoms with Gasteiger partial charge in [-0.1, -0.05) is 22.2 Å². The molecule has 0 bridgehead atoms. The van der Waals surface area contributed by atoms with E-state index in [9.17, 15) is 4.39 Å². The first-order valence-corrected chi connectivity index (χ1v) is 6.67. The maximum absolute atomic E-state index is 13.7. The van der Waals surface area contributed by atoms with Crippen LogP contribution in [0.25, 0.3) is 0 Å². The van der Waals surface area contributed by atoms with E-state index in [1.807, 2.05) is 14.0 Å². The molecule has 1 heterocycles. The molecule has 0 saturated carbocycles. The fourth-order valence-corrected chi connectivity index (χ4v) is 2.81. The summed E-state index contributed by atoms with van der Waals surface area (Å²) in [6.45, 7) is 1.89.